The fraction of sp³-hybridized carbons (Fsp3) is 0.556. The van der Waals surface area contributed by atoms with Gasteiger partial charge in [0.15, 0.2) is 0 Å². The zero-order valence-corrected chi connectivity index (χ0v) is 8.34. The van der Waals surface area contributed by atoms with E-state index < -0.39 is 5.43 Å². The summed E-state index contributed by atoms with van der Waals surface area (Å²) in [6.45, 7) is 3.94. The Morgan fingerprint density at radius 3 is 2.15 bits per heavy atom. The normalized spacial score (nSPS) is 10.8. The first kappa shape index (κ1) is 9.77. The minimum absolute atomic E-state index is 0.218. The lowest BCUT2D eigenvalue weighted by Gasteiger charge is -2.26. The molecule has 0 radical (unpaired) electrons. The van der Waals surface area contributed by atoms with E-state index in [4.69, 9.17) is 0 Å². The van der Waals surface area contributed by atoms with E-state index in [1.165, 1.54) is 0 Å². The highest BCUT2D eigenvalue weighted by Gasteiger charge is 2.23. The molecule has 1 aromatic carbocycles. The molecule has 4 nitrogen and oxygen atoms in total. The van der Waals surface area contributed by atoms with Gasteiger partial charge in [-0.25, -0.2) is 0 Å². The van der Waals surface area contributed by atoms with Crippen LogP contribution < -0.4 is 21.1 Å². The molecule has 0 fully saturated rings. The molecule has 0 heterocycles. The summed E-state index contributed by atoms with van der Waals surface area (Å²) < 4.78 is 0. The van der Waals surface area contributed by atoms with Crippen LogP contribution in [-0.2, 0) is 0 Å². The molecule has 1 aromatic rings. The summed E-state index contributed by atoms with van der Waals surface area (Å²) in [5.41, 5.74) is 0.134. The lowest BCUT2D eigenvalue weighted by molar-refractivity contribution is 0.749. The quantitative estimate of drug-likeness (QED) is 0.677. The van der Waals surface area contributed by atoms with Crippen molar-refractivity contribution < 1.29 is 0 Å². The summed E-state index contributed by atoms with van der Waals surface area (Å²) in [6.07, 6.45) is 0. The Morgan fingerprint density at radius 2 is 1.77 bits per heavy atom. The number of rotatable bonds is 3. The highest BCUT2D eigenvalue weighted by molar-refractivity contribution is 5.74. The van der Waals surface area contributed by atoms with Crippen molar-refractivity contribution in [3.8, 4) is 0 Å². The second kappa shape index (κ2) is 3.20. The maximum atomic E-state index is 11.2. The first-order chi connectivity index (χ1) is 6.00. The molecule has 0 atom stereocenters. The molecule has 0 unspecified atom stereocenters. The highest BCUT2D eigenvalue weighted by Crippen LogP contribution is 2.19. The van der Waals surface area contributed by atoms with Gasteiger partial charge in [0, 0.05) is 20.1 Å². The molecule has 0 bridgehead atoms. The van der Waals surface area contributed by atoms with E-state index in [9.17, 15) is 9.59 Å². The Labute approximate surface area is 76.9 Å². The van der Waals surface area contributed by atoms with E-state index in [2.05, 4.69) is 5.32 Å². The molecule has 1 N–H and O–H groups in total. The zero-order chi connectivity index (χ0) is 10.2. The van der Waals surface area contributed by atoms with Gasteiger partial charge in [0.25, 0.3) is 10.9 Å². The average molecular weight is 182 g/mol. The lowest BCUT2D eigenvalue weighted by atomic mass is 10.1. The van der Waals surface area contributed by atoms with Crippen molar-refractivity contribution >= 4 is 11.4 Å². The van der Waals surface area contributed by atoms with Gasteiger partial charge in [0.1, 0.15) is 11.4 Å². The van der Waals surface area contributed by atoms with Crippen molar-refractivity contribution in [2.75, 3.05) is 24.3 Å². The number of anilines is 2. The van der Waals surface area contributed by atoms with Gasteiger partial charge < -0.3 is 10.2 Å². The number of nitrogens with one attached hydrogen (secondary N) is 1. The molecular formula is C9H14N2O2. The molecular weight excluding hydrogens is 168 g/mol. The third-order valence-corrected chi connectivity index (χ3v) is 2.26. The second-order valence-corrected chi connectivity index (χ2v) is 3.34. The SMILES string of the molecule is CNc1c(N(C)C(C)C)c(=O)c1=O. The van der Waals surface area contributed by atoms with Crippen LogP contribution in [-0.4, -0.2) is 20.1 Å². The number of hydrogen-bond donors (Lipinski definition) is 1. The Bertz CT molecular complexity index is 375. The van der Waals surface area contributed by atoms with Gasteiger partial charge in [-0.1, -0.05) is 0 Å². The molecule has 0 spiro atoms. The Balaban J connectivity index is 3.10. The van der Waals surface area contributed by atoms with E-state index in [-0.39, 0.29) is 11.5 Å². The fourth-order valence-corrected chi connectivity index (χ4v) is 1.21. The zero-order valence-electron chi connectivity index (χ0n) is 8.34. The Hall–Kier alpha value is -1.32. The molecule has 13 heavy (non-hydrogen) atoms. The van der Waals surface area contributed by atoms with E-state index in [1.54, 1.807) is 11.9 Å². The van der Waals surface area contributed by atoms with Crippen molar-refractivity contribution in [1.29, 1.82) is 0 Å². The molecule has 0 aliphatic heterocycles. The maximum Gasteiger partial charge on any atom is 0.253 e. The van der Waals surface area contributed by atoms with Gasteiger partial charge in [-0.2, -0.15) is 0 Å². The average Bonchev–Trinajstić information content (AvgIpc) is 2.10. The van der Waals surface area contributed by atoms with Gasteiger partial charge in [0.2, 0.25) is 0 Å². The maximum absolute atomic E-state index is 11.2. The first-order valence-corrected chi connectivity index (χ1v) is 4.24. The summed E-state index contributed by atoms with van der Waals surface area (Å²) in [7, 11) is 3.45. The van der Waals surface area contributed by atoms with Gasteiger partial charge in [0.05, 0.1) is 0 Å². The molecule has 0 saturated carbocycles. The van der Waals surface area contributed by atoms with E-state index in [0.29, 0.717) is 11.4 Å². The van der Waals surface area contributed by atoms with Crippen molar-refractivity contribution in [3.63, 3.8) is 0 Å². The topological polar surface area (TPSA) is 49.4 Å². The molecule has 1 rings (SSSR count). The third kappa shape index (κ3) is 1.32. The van der Waals surface area contributed by atoms with Gasteiger partial charge >= 0.3 is 0 Å². The van der Waals surface area contributed by atoms with Crippen LogP contribution in [0.4, 0.5) is 11.4 Å². The van der Waals surface area contributed by atoms with Crippen molar-refractivity contribution in [2.45, 2.75) is 19.9 Å². The monoisotopic (exact) mass is 182 g/mol. The predicted octanol–water partition coefficient (Wildman–Crippen LogP) is 0.169. The van der Waals surface area contributed by atoms with E-state index >= 15 is 0 Å². The molecule has 0 aliphatic rings. The Morgan fingerprint density at radius 1 is 1.23 bits per heavy atom. The van der Waals surface area contributed by atoms with Crippen LogP contribution in [0.25, 0.3) is 0 Å². The third-order valence-electron chi connectivity index (χ3n) is 2.26. The smallest absolute Gasteiger partial charge is 0.253 e. The summed E-state index contributed by atoms with van der Waals surface area (Å²) >= 11 is 0. The first-order valence-electron chi connectivity index (χ1n) is 4.24. The molecule has 72 valence electrons. The summed E-state index contributed by atoms with van der Waals surface area (Å²) in [5.74, 6) is 0. The number of nitrogens with zero attached hydrogens (tertiary/aromatic N) is 1. The van der Waals surface area contributed by atoms with E-state index in [1.807, 2.05) is 20.9 Å². The lowest BCUT2D eigenvalue weighted by Crippen LogP contribution is -2.43. The standard InChI is InChI=1S/C9H14N2O2/c1-5(2)11(4)7-6(10-3)8(12)9(7)13/h5,10H,1-4H3. The van der Waals surface area contributed by atoms with Crippen molar-refractivity contribution in [2.24, 2.45) is 0 Å². The van der Waals surface area contributed by atoms with Gasteiger partial charge in [-0.05, 0) is 13.8 Å². The molecule has 0 amide bonds. The fourth-order valence-electron chi connectivity index (χ4n) is 1.21. The minimum Gasteiger partial charge on any atom is -0.383 e. The van der Waals surface area contributed by atoms with Crippen LogP contribution in [0, 0.1) is 0 Å². The van der Waals surface area contributed by atoms with E-state index in [0.717, 1.165) is 0 Å². The summed E-state index contributed by atoms with van der Waals surface area (Å²) in [4.78, 5) is 24.0. The molecule has 4 heteroatoms. The number of hydrogen-bond acceptors (Lipinski definition) is 4. The largest absolute Gasteiger partial charge is 0.383 e. The highest BCUT2D eigenvalue weighted by atomic mass is 16.2. The Kier molecular flexibility index (Phi) is 2.40. The second-order valence-electron chi connectivity index (χ2n) is 3.34. The van der Waals surface area contributed by atoms with Crippen LogP contribution in [0.3, 0.4) is 0 Å². The van der Waals surface area contributed by atoms with Crippen molar-refractivity contribution in [3.05, 3.63) is 20.4 Å². The molecule has 0 saturated heterocycles. The summed E-state index contributed by atoms with van der Waals surface area (Å²) in [6, 6.07) is 0.218. The van der Waals surface area contributed by atoms with Crippen LogP contribution >= 0.6 is 0 Å². The van der Waals surface area contributed by atoms with Crippen LogP contribution in [0.5, 0.6) is 0 Å². The van der Waals surface area contributed by atoms with Crippen LogP contribution in [0.15, 0.2) is 9.59 Å². The van der Waals surface area contributed by atoms with Crippen LogP contribution in [0.1, 0.15) is 13.8 Å². The molecule has 0 aromatic heterocycles. The molecule has 0 aliphatic carbocycles. The predicted molar refractivity (Wildman–Crippen MR) is 54.4 cm³/mol. The van der Waals surface area contributed by atoms with Gasteiger partial charge in [-0.3, -0.25) is 9.59 Å². The minimum atomic E-state index is -0.412. The van der Waals surface area contributed by atoms with Gasteiger partial charge in [-0.15, -0.1) is 0 Å². The van der Waals surface area contributed by atoms with Crippen LogP contribution in [0.2, 0.25) is 0 Å². The van der Waals surface area contributed by atoms with Crippen molar-refractivity contribution in [1.82, 2.24) is 0 Å². The summed E-state index contributed by atoms with van der Waals surface area (Å²) in [5, 5.41) is 2.74.